The first-order valence-corrected chi connectivity index (χ1v) is 11.8. The van der Waals surface area contributed by atoms with Gasteiger partial charge in [-0.1, -0.05) is 6.08 Å². The molecule has 0 aliphatic carbocycles. The molecule has 2 aromatic heterocycles. The van der Waals surface area contributed by atoms with Crippen LogP contribution in [0.25, 0.3) is 11.2 Å². The highest BCUT2D eigenvalue weighted by atomic mass is 19.1. The molecule has 0 aromatic carbocycles. The van der Waals surface area contributed by atoms with Crippen molar-refractivity contribution >= 4 is 17.1 Å². The van der Waals surface area contributed by atoms with Gasteiger partial charge < -0.3 is 18.9 Å². The third-order valence-corrected chi connectivity index (χ3v) is 6.65. The van der Waals surface area contributed by atoms with E-state index >= 15 is 0 Å². The predicted molar refractivity (Wildman–Crippen MR) is 132 cm³/mol. The molecule has 0 N–H and O–H groups in total. The van der Waals surface area contributed by atoms with Crippen molar-refractivity contribution in [2.75, 3.05) is 39.9 Å². The van der Waals surface area contributed by atoms with Gasteiger partial charge in [-0.2, -0.15) is 0 Å². The molecule has 2 aromatic rings. The number of pyridine rings is 1. The van der Waals surface area contributed by atoms with Crippen molar-refractivity contribution in [2.45, 2.75) is 39.8 Å². The first kappa shape index (κ1) is 24.2. The number of carbonyl (C=O) groups is 1. The van der Waals surface area contributed by atoms with Crippen LogP contribution in [0.3, 0.4) is 0 Å². The normalized spacial score (nSPS) is 21.9. The van der Waals surface area contributed by atoms with E-state index in [1.807, 2.05) is 33.2 Å². The molecule has 8 heteroatoms. The Morgan fingerprint density at radius 1 is 1.29 bits per heavy atom. The minimum Gasteiger partial charge on any atom is -0.383 e. The van der Waals surface area contributed by atoms with E-state index in [0.29, 0.717) is 22.8 Å². The molecule has 1 unspecified atom stereocenters. The van der Waals surface area contributed by atoms with Crippen molar-refractivity contribution in [1.82, 2.24) is 24.1 Å². The predicted octanol–water partition coefficient (Wildman–Crippen LogP) is 3.47. The minimum absolute atomic E-state index is 0.0590. The highest BCUT2D eigenvalue weighted by Gasteiger charge is 2.27. The van der Waals surface area contributed by atoms with E-state index < -0.39 is 5.82 Å². The number of piperazine rings is 1. The van der Waals surface area contributed by atoms with E-state index in [2.05, 4.69) is 33.9 Å². The van der Waals surface area contributed by atoms with E-state index in [1.165, 1.54) is 6.07 Å². The second kappa shape index (κ2) is 10.1. The van der Waals surface area contributed by atoms with Gasteiger partial charge in [0.05, 0.1) is 24.0 Å². The van der Waals surface area contributed by atoms with E-state index in [0.717, 1.165) is 44.2 Å². The van der Waals surface area contributed by atoms with Crippen molar-refractivity contribution in [3.05, 3.63) is 65.7 Å². The zero-order valence-corrected chi connectivity index (χ0v) is 20.7. The molecule has 2 aliphatic rings. The lowest BCUT2D eigenvalue weighted by Gasteiger charge is -2.42. The maximum absolute atomic E-state index is 14.5. The van der Waals surface area contributed by atoms with Gasteiger partial charge in [0.2, 0.25) is 0 Å². The lowest BCUT2D eigenvalue weighted by Crippen LogP contribution is -2.52. The zero-order valence-electron chi connectivity index (χ0n) is 20.7. The summed E-state index contributed by atoms with van der Waals surface area (Å²) in [5.41, 5.74) is 3.43. The second-order valence-electron chi connectivity index (χ2n) is 9.24. The molecule has 4 heterocycles. The molecule has 2 atom stereocenters. The van der Waals surface area contributed by atoms with Crippen LogP contribution in [0.15, 0.2) is 48.6 Å². The third kappa shape index (κ3) is 5.08. The largest absolute Gasteiger partial charge is 0.383 e. The van der Waals surface area contributed by atoms with Gasteiger partial charge in [-0.25, -0.2) is 9.37 Å². The fraction of sp³-hybridized carbons (Fsp3) is 0.462. The molecule has 7 nitrogen and oxygen atoms in total. The molecule has 1 fully saturated rings. The monoisotopic (exact) mass is 467 g/mol. The Labute approximate surface area is 200 Å². The average Bonchev–Trinajstić information content (AvgIpc) is 3.19. The number of ether oxygens (including phenoxy) is 1. The first-order valence-electron chi connectivity index (χ1n) is 11.8. The molecule has 2 aliphatic heterocycles. The number of rotatable bonds is 6. The van der Waals surface area contributed by atoms with Gasteiger partial charge in [0.15, 0.2) is 11.5 Å². The highest BCUT2D eigenvalue weighted by molar-refractivity contribution is 5.96. The fourth-order valence-corrected chi connectivity index (χ4v) is 4.59. The van der Waals surface area contributed by atoms with Crippen LogP contribution >= 0.6 is 0 Å². The van der Waals surface area contributed by atoms with Gasteiger partial charge in [0.25, 0.3) is 5.91 Å². The Balaban J connectivity index is 1.50. The summed E-state index contributed by atoms with van der Waals surface area (Å²) in [6.07, 6.45) is 11.3. The number of methoxy groups -OCH3 is 1. The Bertz CT molecular complexity index is 1150. The Morgan fingerprint density at radius 3 is 2.82 bits per heavy atom. The summed E-state index contributed by atoms with van der Waals surface area (Å²) in [7, 11) is 1.73. The van der Waals surface area contributed by atoms with Crippen LogP contribution in [0.5, 0.6) is 0 Å². The van der Waals surface area contributed by atoms with Gasteiger partial charge in [0.1, 0.15) is 0 Å². The number of fused-ring (bicyclic) bond motifs is 1. The van der Waals surface area contributed by atoms with Gasteiger partial charge in [-0.3, -0.25) is 9.69 Å². The maximum atomic E-state index is 14.5. The topological polar surface area (TPSA) is 53.3 Å². The lowest BCUT2D eigenvalue weighted by atomic mass is 10.1. The number of amides is 1. The Morgan fingerprint density at radius 2 is 2.09 bits per heavy atom. The maximum Gasteiger partial charge on any atom is 0.251 e. The molecule has 0 bridgehead atoms. The summed E-state index contributed by atoms with van der Waals surface area (Å²) in [6.45, 7) is 12.3. The van der Waals surface area contributed by atoms with Crippen molar-refractivity contribution in [3.8, 4) is 0 Å². The Hall–Kier alpha value is -2.97. The van der Waals surface area contributed by atoms with Crippen LogP contribution in [-0.2, 0) is 9.53 Å². The molecule has 1 saturated heterocycles. The molecular formula is C26H34FN5O2. The number of carbonyl (C=O) groups excluding carboxylic acids is 1. The SMILES string of the molecule is COCCN1CCN(C2=CN(C(=O)/C=C(\C)c3cc(F)c4nc(C)cn4c3)C(C)C=C2)C[C@@H]1C. The van der Waals surface area contributed by atoms with Gasteiger partial charge >= 0.3 is 0 Å². The quantitative estimate of drug-likeness (QED) is 0.609. The van der Waals surface area contributed by atoms with Crippen LogP contribution in [0, 0.1) is 12.7 Å². The number of halogens is 1. The number of hydrogen-bond donors (Lipinski definition) is 0. The number of imidazole rings is 1. The van der Waals surface area contributed by atoms with E-state index in [1.54, 1.807) is 28.7 Å². The Kier molecular flexibility index (Phi) is 7.19. The molecule has 1 amide bonds. The third-order valence-electron chi connectivity index (χ3n) is 6.65. The fourth-order valence-electron chi connectivity index (χ4n) is 4.59. The van der Waals surface area contributed by atoms with Crippen molar-refractivity contribution in [3.63, 3.8) is 0 Å². The minimum atomic E-state index is -0.402. The number of aromatic nitrogens is 2. The lowest BCUT2D eigenvalue weighted by molar-refractivity contribution is -0.124. The number of hydrogen-bond acceptors (Lipinski definition) is 5. The van der Waals surface area contributed by atoms with Crippen LogP contribution in [0.1, 0.15) is 32.0 Å². The molecular weight excluding hydrogens is 433 g/mol. The number of nitrogens with zero attached hydrogens (tertiary/aromatic N) is 5. The molecule has 0 radical (unpaired) electrons. The standard InChI is InChI=1S/C26H34FN5O2/c1-18(22-13-24(27)26-28-19(2)14-31(26)16-22)12-25(33)32-17-23(7-6-20(32)3)30-9-8-29(10-11-34-5)21(4)15-30/h6-7,12-14,16-17,20-21H,8-11,15H2,1-5H3/b18-12+/t20?,21-/m0/s1. The van der Waals surface area contributed by atoms with Crippen LogP contribution in [0.4, 0.5) is 4.39 Å². The molecule has 0 saturated carbocycles. The zero-order chi connectivity index (χ0) is 24.4. The summed E-state index contributed by atoms with van der Waals surface area (Å²) >= 11 is 0. The van der Waals surface area contributed by atoms with Gasteiger partial charge in [-0.05, 0) is 51.0 Å². The molecule has 182 valence electrons. The summed E-state index contributed by atoms with van der Waals surface area (Å²) in [5, 5.41) is 0. The summed E-state index contributed by atoms with van der Waals surface area (Å²) < 4.78 is 21.4. The molecule has 0 spiro atoms. The number of aryl methyl sites for hydroxylation is 1. The average molecular weight is 468 g/mol. The van der Waals surface area contributed by atoms with Crippen LogP contribution in [0.2, 0.25) is 0 Å². The highest BCUT2D eigenvalue weighted by Crippen LogP contribution is 2.23. The van der Waals surface area contributed by atoms with Crippen LogP contribution in [-0.4, -0.2) is 82.0 Å². The summed E-state index contributed by atoms with van der Waals surface area (Å²) in [6, 6.07) is 1.78. The molecule has 4 rings (SSSR count). The second-order valence-corrected chi connectivity index (χ2v) is 9.24. The van der Waals surface area contributed by atoms with Gasteiger partial charge in [-0.15, -0.1) is 0 Å². The first-order chi connectivity index (χ1) is 16.3. The van der Waals surface area contributed by atoms with Crippen molar-refractivity contribution in [2.24, 2.45) is 0 Å². The summed E-state index contributed by atoms with van der Waals surface area (Å²) in [5.74, 6) is -0.526. The van der Waals surface area contributed by atoms with E-state index in [9.17, 15) is 9.18 Å². The van der Waals surface area contributed by atoms with Gasteiger partial charge in [0, 0.05) is 64.0 Å². The smallest absolute Gasteiger partial charge is 0.251 e. The van der Waals surface area contributed by atoms with Crippen LogP contribution < -0.4 is 0 Å². The molecule has 34 heavy (non-hydrogen) atoms. The van der Waals surface area contributed by atoms with E-state index in [4.69, 9.17) is 4.74 Å². The number of allylic oxidation sites excluding steroid dienone is 2. The van der Waals surface area contributed by atoms with Crippen molar-refractivity contribution in [1.29, 1.82) is 0 Å². The van der Waals surface area contributed by atoms with E-state index in [-0.39, 0.29) is 11.9 Å². The summed E-state index contributed by atoms with van der Waals surface area (Å²) in [4.78, 5) is 23.9. The van der Waals surface area contributed by atoms with Crippen molar-refractivity contribution < 1.29 is 13.9 Å².